The van der Waals surface area contributed by atoms with E-state index >= 15 is 0 Å². The fourth-order valence-electron chi connectivity index (χ4n) is 1.98. The van der Waals surface area contributed by atoms with Gasteiger partial charge in [0.25, 0.3) is 0 Å². The first-order valence-electron chi connectivity index (χ1n) is 7.12. The number of hydrogen-bond donors (Lipinski definition) is 1. The van der Waals surface area contributed by atoms with Gasteiger partial charge in [0, 0.05) is 44.1 Å². The third kappa shape index (κ3) is 5.92. The second-order valence-electron chi connectivity index (χ2n) is 5.57. The molecule has 1 aromatic heterocycles. The fourth-order valence-corrected chi connectivity index (χ4v) is 1.98. The Morgan fingerprint density at radius 2 is 2.00 bits per heavy atom. The summed E-state index contributed by atoms with van der Waals surface area (Å²) in [6.07, 6.45) is 1.89. The van der Waals surface area contributed by atoms with Gasteiger partial charge >= 0.3 is 0 Å². The standard InChI is InChI=1S/C15H28N4/c1-6-16-15-11-14(7-8-17-15)19(12-13(2)3)10-9-18(4)5/h7-8,11,13H,6,9-10,12H2,1-5H3,(H,16,17). The molecule has 108 valence electrons. The van der Waals surface area contributed by atoms with Crippen molar-refractivity contribution in [1.82, 2.24) is 9.88 Å². The third-order valence-electron chi connectivity index (χ3n) is 2.87. The highest BCUT2D eigenvalue weighted by Crippen LogP contribution is 2.18. The van der Waals surface area contributed by atoms with Gasteiger partial charge in [0.2, 0.25) is 0 Å². The quantitative estimate of drug-likeness (QED) is 0.782. The molecule has 1 N–H and O–H groups in total. The lowest BCUT2D eigenvalue weighted by Crippen LogP contribution is -2.34. The van der Waals surface area contributed by atoms with E-state index in [1.54, 1.807) is 0 Å². The van der Waals surface area contributed by atoms with E-state index in [0.717, 1.165) is 32.0 Å². The maximum atomic E-state index is 4.34. The summed E-state index contributed by atoms with van der Waals surface area (Å²) in [7, 11) is 4.23. The van der Waals surface area contributed by atoms with Crippen molar-refractivity contribution in [3.63, 3.8) is 0 Å². The second-order valence-corrected chi connectivity index (χ2v) is 5.57. The van der Waals surface area contributed by atoms with E-state index in [9.17, 15) is 0 Å². The van der Waals surface area contributed by atoms with Crippen molar-refractivity contribution >= 4 is 11.5 Å². The number of aromatic nitrogens is 1. The Bertz CT molecular complexity index is 363. The van der Waals surface area contributed by atoms with Gasteiger partial charge in [0.15, 0.2) is 0 Å². The molecule has 4 heteroatoms. The van der Waals surface area contributed by atoms with Crippen LogP contribution in [-0.2, 0) is 0 Å². The van der Waals surface area contributed by atoms with Crippen LogP contribution < -0.4 is 10.2 Å². The van der Waals surface area contributed by atoms with Gasteiger partial charge in [0.1, 0.15) is 5.82 Å². The van der Waals surface area contributed by atoms with Crippen LogP contribution in [0.1, 0.15) is 20.8 Å². The van der Waals surface area contributed by atoms with Crippen molar-refractivity contribution in [3.05, 3.63) is 18.3 Å². The van der Waals surface area contributed by atoms with E-state index in [-0.39, 0.29) is 0 Å². The van der Waals surface area contributed by atoms with Gasteiger partial charge in [-0.1, -0.05) is 13.8 Å². The number of nitrogens with zero attached hydrogens (tertiary/aromatic N) is 3. The predicted octanol–water partition coefficient (Wildman–Crippen LogP) is 2.54. The Morgan fingerprint density at radius 3 is 2.58 bits per heavy atom. The van der Waals surface area contributed by atoms with Crippen LogP contribution >= 0.6 is 0 Å². The minimum atomic E-state index is 0.651. The van der Waals surface area contributed by atoms with Crippen LogP contribution in [0.2, 0.25) is 0 Å². The molecule has 1 rings (SSSR count). The number of anilines is 2. The molecule has 0 radical (unpaired) electrons. The van der Waals surface area contributed by atoms with Crippen LogP contribution in [0.15, 0.2) is 18.3 Å². The first-order chi connectivity index (χ1) is 9.02. The normalized spacial score (nSPS) is 11.1. The van der Waals surface area contributed by atoms with Crippen LogP contribution in [0, 0.1) is 5.92 Å². The van der Waals surface area contributed by atoms with Crippen LogP contribution in [-0.4, -0.2) is 50.2 Å². The zero-order chi connectivity index (χ0) is 14.3. The van der Waals surface area contributed by atoms with Crippen molar-refractivity contribution in [3.8, 4) is 0 Å². The average Bonchev–Trinajstić information content (AvgIpc) is 2.34. The molecule has 0 bridgehead atoms. The number of likely N-dealkylation sites (N-methyl/N-ethyl adjacent to an activating group) is 1. The Morgan fingerprint density at radius 1 is 1.26 bits per heavy atom. The van der Waals surface area contributed by atoms with Gasteiger partial charge in [-0.3, -0.25) is 0 Å². The van der Waals surface area contributed by atoms with E-state index in [0.29, 0.717) is 5.92 Å². The molecule has 0 aliphatic rings. The summed E-state index contributed by atoms with van der Waals surface area (Å²) >= 11 is 0. The molecule has 0 aliphatic carbocycles. The van der Waals surface area contributed by atoms with E-state index in [1.165, 1.54) is 5.69 Å². The summed E-state index contributed by atoms with van der Waals surface area (Å²) < 4.78 is 0. The molecule has 0 aliphatic heterocycles. The zero-order valence-corrected chi connectivity index (χ0v) is 13.0. The molecule has 0 amide bonds. The Hall–Kier alpha value is -1.29. The van der Waals surface area contributed by atoms with Crippen LogP contribution in [0.25, 0.3) is 0 Å². The molecule has 0 saturated carbocycles. The average molecular weight is 264 g/mol. The highest BCUT2D eigenvalue weighted by molar-refractivity contribution is 5.53. The molecule has 0 fully saturated rings. The topological polar surface area (TPSA) is 31.4 Å². The molecule has 1 aromatic rings. The summed E-state index contributed by atoms with van der Waals surface area (Å²) in [6, 6.07) is 4.24. The lowest BCUT2D eigenvalue weighted by molar-refractivity contribution is 0.409. The molecule has 0 unspecified atom stereocenters. The van der Waals surface area contributed by atoms with Gasteiger partial charge in [-0.15, -0.1) is 0 Å². The maximum Gasteiger partial charge on any atom is 0.127 e. The number of rotatable bonds is 8. The van der Waals surface area contributed by atoms with Gasteiger partial charge in [-0.2, -0.15) is 0 Å². The van der Waals surface area contributed by atoms with Crippen molar-refractivity contribution < 1.29 is 0 Å². The van der Waals surface area contributed by atoms with Crippen molar-refractivity contribution in [1.29, 1.82) is 0 Å². The Kier molecular flexibility index (Phi) is 6.64. The third-order valence-corrected chi connectivity index (χ3v) is 2.87. The van der Waals surface area contributed by atoms with Crippen molar-refractivity contribution in [2.75, 3.05) is 50.5 Å². The van der Waals surface area contributed by atoms with E-state index in [4.69, 9.17) is 0 Å². The monoisotopic (exact) mass is 264 g/mol. The van der Waals surface area contributed by atoms with E-state index in [1.807, 2.05) is 6.20 Å². The van der Waals surface area contributed by atoms with Gasteiger partial charge in [-0.05, 0) is 33.0 Å². The highest BCUT2D eigenvalue weighted by atomic mass is 15.2. The molecular formula is C15H28N4. The van der Waals surface area contributed by atoms with Gasteiger partial charge in [0.05, 0.1) is 0 Å². The summed E-state index contributed by atoms with van der Waals surface area (Å²) in [5.74, 6) is 1.61. The molecule has 4 nitrogen and oxygen atoms in total. The number of hydrogen-bond acceptors (Lipinski definition) is 4. The van der Waals surface area contributed by atoms with Crippen molar-refractivity contribution in [2.45, 2.75) is 20.8 Å². The molecular weight excluding hydrogens is 236 g/mol. The summed E-state index contributed by atoms with van der Waals surface area (Å²) in [5.41, 5.74) is 1.25. The molecule has 1 heterocycles. The predicted molar refractivity (Wildman–Crippen MR) is 84.0 cm³/mol. The Balaban J connectivity index is 2.79. The SMILES string of the molecule is CCNc1cc(N(CCN(C)C)CC(C)C)ccn1. The summed E-state index contributed by atoms with van der Waals surface area (Å²) in [6.45, 7) is 10.7. The van der Waals surface area contributed by atoms with Gasteiger partial charge < -0.3 is 15.1 Å². The molecule has 0 saturated heterocycles. The molecule has 19 heavy (non-hydrogen) atoms. The number of nitrogens with one attached hydrogen (secondary N) is 1. The molecule has 0 aromatic carbocycles. The lowest BCUT2D eigenvalue weighted by Gasteiger charge is -2.28. The summed E-state index contributed by atoms with van der Waals surface area (Å²) in [5, 5.41) is 3.27. The first-order valence-corrected chi connectivity index (χ1v) is 7.12. The van der Waals surface area contributed by atoms with Gasteiger partial charge in [-0.25, -0.2) is 4.98 Å². The fraction of sp³-hybridized carbons (Fsp3) is 0.667. The highest BCUT2D eigenvalue weighted by Gasteiger charge is 2.10. The zero-order valence-electron chi connectivity index (χ0n) is 13.0. The second kappa shape index (κ2) is 8.00. The summed E-state index contributed by atoms with van der Waals surface area (Å²) in [4.78, 5) is 9.00. The Labute approximate surface area is 117 Å². The van der Waals surface area contributed by atoms with Crippen LogP contribution in [0.5, 0.6) is 0 Å². The van der Waals surface area contributed by atoms with Crippen LogP contribution in [0.3, 0.4) is 0 Å². The van der Waals surface area contributed by atoms with E-state index < -0.39 is 0 Å². The van der Waals surface area contributed by atoms with E-state index in [2.05, 4.69) is 67.1 Å². The lowest BCUT2D eigenvalue weighted by atomic mass is 10.2. The smallest absolute Gasteiger partial charge is 0.127 e. The maximum absolute atomic E-state index is 4.34. The van der Waals surface area contributed by atoms with Crippen LogP contribution in [0.4, 0.5) is 11.5 Å². The first kappa shape index (κ1) is 15.8. The molecule has 0 spiro atoms. The largest absolute Gasteiger partial charge is 0.370 e. The van der Waals surface area contributed by atoms with Crippen molar-refractivity contribution in [2.24, 2.45) is 5.92 Å². The number of pyridine rings is 1. The minimum absolute atomic E-state index is 0.651. The minimum Gasteiger partial charge on any atom is -0.370 e. The molecule has 0 atom stereocenters.